The van der Waals surface area contributed by atoms with E-state index in [0.29, 0.717) is 0 Å². The van der Waals surface area contributed by atoms with Crippen LogP contribution in [-0.2, 0) is 5.41 Å². The van der Waals surface area contributed by atoms with Crippen molar-refractivity contribution in [3.8, 4) is 33.8 Å². The summed E-state index contributed by atoms with van der Waals surface area (Å²) < 4.78 is 7.09. The minimum absolute atomic E-state index is 0.633. The molecule has 10 aromatic rings. The van der Waals surface area contributed by atoms with Gasteiger partial charge >= 0.3 is 0 Å². The molecule has 282 valence electrons. The number of hydrogen-bond donors (Lipinski definition) is 0. The van der Waals surface area contributed by atoms with Gasteiger partial charge in [0.2, 0.25) is 0 Å². The molecule has 0 saturated heterocycles. The maximum Gasteiger partial charge on any atom is 0.134 e. The molecule has 2 nitrogen and oxygen atoms in total. The number of fused-ring (bicyclic) bond motifs is 12. The topological polar surface area (TPSA) is 12.5 Å². The molecular weight excluding hydrogens is 747 g/mol. The fourth-order valence-corrected chi connectivity index (χ4v) is 11.1. The van der Waals surface area contributed by atoms with Gasteiger partial charge in [-0.2, -0.15) is 0 Å². The SMILES string of the molecule is c1ccc(-c2ccc(N(c3ccc(-c4ccccc4)cc3)c3ccc4c(c3)Oc3ccccc3C43c4ccc5ccccc5c4Sc4c3ccc3ccccc43)cc2)cc1. The molecule has 12 rings (SSSR count). The van der Waals surface area contributed by atoms with Crippen molar-refractivity contribution < 1.29 is 4.74 Å². The fraction of sp³-hybridized carbons (Fsp3) is 0.0175. The number of ether oxygens (including phenoxy) is 1. The van der Waals surface area contributed by atoms with Crippen LogP contribution in [0.3, 0.4) is 0 Å². The standard InChI is InChI=1S/C57H37NOS/c1-3-13-38(14-4-1)40-23-29-44(30-24-40)58(45-31-25-41(26-32-45)39-15-5-2-6-16-39)46-33-36-50-54(37-46)59-53-22-12-11-21-49(53)57(50)51-34-27-42-17-7-9-19-47(42)55(51)60-56-48-20-10-8-18-43(48)28-35-52(56)57/h1-37H. The van der Waals surface area contributed by atoms with E-state index in [0.717, 1.165) is 39.7 Å². The van der Waals surface area contributed by atoms with Crippen molar-refractivity contribution in [2.24, 2.45) is 0 Å². The number of hydrogen-bond acceptors (Lipinski definition) is 3. The first-order valence-electron chi connectivity index (χ1n) is 20.5. The van der Waals surface area contributed by atoms with Crippen LogP contribution >= 0.6 is 11.8 Å². The Balaban J connectivity index is 1.09. The van der Waals surface area contributed by atoms with Crippen molar-refractivity contribution in [1.82, 2.24) is 0 Å². The zero-order chi connectivity index (χ0) is 39.6. The van der Waals surface area contributed by atoms with Crippen LogP contribution in [-0.4, -0.2) is 0 Å². The average molecular weight is 784 g/mol. The van der Waals surface area contributed by atoms with Gasteiger partial charge in [-0.1, -0.05) is 194 Å². The Morgan fingerprint density at radius 3 is 1.33 bits per heavy atom. The van der Waals surface area contributed by atoms with E-state index in [-0.39, 0.29) is 0 Å². The molecule has 2 aliphatic heterocycles. The number of anilines is 3. The predicted octanol–water partition coefficient (Wildman–Crippen LogP) is 15.7. The van der Waals surface area contributed by atoms with Gasteiger partial charge in [0.15, 0.2) is 0 Å². The van der Waals surface area contributed by atoms with Crippen LogP contribution in [0.15, 0.2) is 234 Å². The zero-order valence-corrected chi connectivity index (χ0v) is 33.4. The Hall–Kier alpha value is -7.33. The molecule has 60 heavy (non-hydrogen) atoms. The van der Waals surface area contributed by atoms with Crippen LogP contribution in [0.2, 0.25) is 0 Å². The summed E-state index contributed by atoms with van der Waals surface area (Å²) in [6.45, 7) is 0. The Morgan fingerprint density at radius 1 is 0.333 bits per heavy atom. The number of para-hydroxylation sites is 1. The summed E-state index contributed by atoms with van der Waals surface area (Å²) in [5.41, 5.74) is 12.1. The lowest BCUT2D eigenvalue weighted by molar-refractivity contribution is 0.432. The van der Waals surface area contributed by atoms with Gasteiger partial charge < -0.3 is 9.64 Å². The monoisotopic (exact) mass is 783 g/mol. The van der Waals surface area contributed by atoms with E-state index in [4.69, 9.17) is 4.74 Å². The molecule has 0 atom stereocenters. The third-order valence-corrected chi connectivity index (χ3v) is 13.7. The molecule has 0 aromatic heterocycles. The number of rotatable bonds is 5. The molecular formula is C57H37NOS. The largest absolute Gasteiger partial charge is 0.457 e. The lowest BCUT2D eigenvalue weighted by Crippen LogP contribution is -2.37. The lowest BCUT2D eigenvalue weighted by Gasteiger charge is -2.46. The number of nitrogens with zero attached hydrogens (tertiary/aromatic N) is 1. The molecule has 0 aliphatic carbocycles. The summed E-state index contributed by atoms with van der Waals surface area (Å²) in [6, 6.07) is 81.4. The first-order chi connectivity index (χ1) is 29.7. The van der Waals surface area contributed by atoms with E-state index < -0.39 is 5.41 Å². The number of benzene rings is 10. The molecule has 1 spiro atoms. The molecule has 0 fully saturated rings. The molecule has 0 amide bonds. The predicted molar refractivity (Wildman–Crippen MR) is 250 cm³/mol. The van der Waals surface area contributed by atoms with Gasteiger partial charge in [-0.3, -0.25) is 0 Å². The summed E-state index contributed by atoms with van der Waals surface area (Å²) in [5, 5.41) is 5.02. The Morgan fingerprint density at radius 2 is 0.767 bits per heavy atom. The maximum absolute atomic E-state index is 7.09. The van der Waals surface area contributed by atoms with E-state index >= 15 is 0 Å². The molecule has 2 heterocycles. The van der Waals surface area contributed by atoms with Crippen LogP contribution < -0.4 is 9.64 Å². The van der Waals surface area contributed by atoms with Crippen molar-refractivity contribution in [2.75, 3.05) is 4.90 Å². The normalized spacial score (nSPS) is 13.2. The van der Waals surface area contributed by atoms with Crippen molar-refractivity contribution in [3.05, 3.63) is 247 Å². The summed E-state index contributed by atoms with van der Waals surface area (Å²) in [6.07, 6.45) is 0. The Bertz CT molecular complexity index is 3080. The van der Waals surface area contributed by atoms with Crippen LogP contribution in [0.1, 0.15) is 22.3 Å². The van der Waals surface area contributed by atoms with Gasteiger partial charge in [0, 0.05) is 44.0 Å². The Kier molecular flexibility index (Phi) is 8.04. The van der Waals surface area contributed by atoms with E-state index in [2.05, 4.69) is 229 Å². The van der Waals surface area contributed by atoms with Gasteiger partial charge in [-0.05, 0) is 91.3 Å². The first kappa shape index (κ1) is 34.7. The second-order valence-corrected chi connectivity index (χ2v) is 16.6. The van der Waals surface area contributed by atoms with Crippen LogP contribution in [0, 0.1) is 0 Å². The quantitative estimate of drug-likeness (QED) is 0.172. The molecule has 0 unspecified atom stereocenters. The minimum atomic E-state index is -0.633. The average Bonchev–Trinajstić information content (AvgIpc) is 3.32. The van der Waals surface area contributed by atoms with Gasteiger partial charge in [-0.25, -0.2) is 0 Å². The molecule has 10 aromatic carbocycles. The van der Waals surface area contributed by atoms with Gasteiger partial charge in [0.25, 0.3) is 0 Å². The van der Waals surface area contributed by atoms with E-state index in [1.165, 1.54) is 64.7 Å². The van der Waals surface area contributed by atoms with Crippen molar-refractivity contribution in [3.63, 3.8) is 0 Å². The molecule has 0 N–H and O–H groups in total. The van der Waals surface area contributed by atoms with Crippen LogP contribution in [0.5, 0.6) is 11.5 Å². The summed E-state index contributed by atoms with van der Waals surface area (Å²) in [7, 11) is 0. The maximum atomic E-state index is 7.09. The second-order valence-electron chi connectivity index (χ2n) is 15.6. The third kappa shape index (κ3) is 5.36. The van der Waals surface area contributed by atoms with Gasteiger partial charge in [-0.15, -0.1) is 0 Å². The van der Waals surface area contributed by atoms with Gasteiger partial charge in [0.1, 0.15) is 11.5 Å². The van der Waals surface area contributed by atoms with E-state index in [9.17, 15) is 0 Å². The summed E-state index contributed by atoms with van der Waals surface area (Å²) in [4.78, 5) is 4.93. The van der Waals surface area contributed by atoms with E-state index in [1.54, 1.807) is 0 Å². The highest BCUT2D eigenvalue weighted by Gasteiger charge is 2.50. The molecule has 3 heteroatoms. The third-order valence-electron chi connectivity index (χ3n) is 12.4. The Labute approximate surface area is 354 Å². The van der Waals surface area contributed by atoms with Crippen molar-refractivity contribution in [2.45, 2.75) is 15.2 Å². The first-order valence-corrected chi connectivity index (χ1v) is 21.3. The molecule has 0 saturated carbocycles. The fourth-order valence-electron chi connectivity index (χ4n) is 9.61. The highest BCUT2D eigenvalue weighted by atomic mass is 32.2. The molecule has 0 bridgehead atoms. The van der Waals surface area contributed by atoms with Crippen molar-refractivity contribution in [1.29, 1.82) is 0 Å². The zero-order valence-electron chi connectivity index (χ0n) is 32.6. The molecule has 2 aliphatic rings. The highest BCUT2D eigenvalue weighted by Crippen LogP contribution is 2.63. The van der Waals surface area contributed by atoms with Crippen LogP contribution in [0.25, 0.3) is 43.8 Å². The highest BCUT2D eigenvalue weighted by molar-refractivity contribution is 8.00. The minimum Gasteiger partial charge on any atom is -0.457 e. The van der Waals surface area contributed by atoms with Crippen LogP contribution in [0.4, 0.5) is 17.1 Å². The lowest BCUT2D eigenvalue weighted by atomic mass is 9.63. The second kappa shape index (κ2) is 13.9. The van der Waals surface area contributed by atoms with Gasteiger partial charge in [0.05, 0.1) is 5.41 Å². The smallest absolute Gasteiger partial charge is 0.134 e. The van der Waals surface area contributed by atoms with E-state index in [1.807, 2.05) is 11.8 Å². The van der Waals surface area contributed by atoms with Crippen molar-refractivity contribution >= 4 is 50.4 Å². The summed E-state index contributed by atoms with van der Waals surface area (Å²) >= 11 is 1.91. The molecule has 0 radical (unpaired) electrons. The summed E-state index contributed by atoms with van der Waals surface area (Å²) in [5.74, 6) is 1.72.